The van der Waals surface area contributed by atoms with Gasteiger partial charge in [0.05, 0.1) is 38.1 Å². The lowest BCUT2D eigenvalue weighted by atomic mass is 9.95. The summed E-state index contributed by atoms with van der Waals surface area (Å²) in [5, 5.41) is 2.93. The smallest absolute Gasteiger partial charge is 0.322 e. The highest BCUT2D eigenvalue weighted by molar-refractivity contribution is 6.11. The Kier molecular flexibility index (Phi) is 4.43. The molecule has 0 radical (unpaired) electrons. The van der Waals surface area contributed by atoms with E-state index >= 15 is 0 Å². The Labute approximate surface area is 163 Å². The topological polar surface area (TPSA) is 71.1 Å². The SMILES string of the molecule is COc1ccc(N2CC3=C(C2=O)C(c2cccc(OC)c2)NC(=O)N3C)cc1. The fourth-order valence-electron chi connectivity index (χ4n) is 3.61. The maximum Gasteiger partial charge on any atom is 0.322 e. The van der Waals surface area contributed by atoms with E-state index in [1.165, 1.54) is 4.90 Å². The molecule has 144 valence electrons. The summed E-state index contributed by atoms with van der Waals surface area (Å²) in [6, 6.07) is 13.9. The molecule has 7 heteroatoms. The number of rotatable bonds is 4. The number of hydrogen-bond donors (Lipinski definition) is 1. The second-order valence-corrected chi connectivity index (χ2v) is 6.67. The summed E-state index contributed by atoms with van der Waals surface area (Å²) < 4.78 is 10.5. The molecule has 2 aromatic rings. The van der Waals surface area contributed by atoms with Crippen molar-refractivity contribution in [1.29, 1.82) is 0 Å². The predicted octanol–water partition coefficient (Wildman–Crippen LogP) is 2.70. The van der Waals surface area contributed by atoms with Crippen LogP contribution in [0.1, 0.15) is 11.6 Å². The number of nitrogens with zero attached hydrogens (tertiary/aromatic N) is 2. The van der Waals surface area contributed by atoms with Crippen LogP contribution < -0.4 is 19.7 Å². The van der Waals surface area contributed by atoms with Gasteiger partial charge in [-0.15, -0.1) is 0 Å². The van der Waals surface area contributed by atoms with Crippen molar-refractivity contribution in [2.45, 2.75) is 6.04 Å². The van der Waals surface area contributed by atoms with Gasteiger partial charge in [0, 0.05) is 12.7 Å². The first-order chi connectivity index (χ1) is 13.5. The zero-order valence-electron chi connectivity index (χ0n) is 15.9. The van der Waals surface area contributed by atoms with Gasteiger partial charge in [-0.25, -0.2) is 4.79 Å². The second kappa shape index (κ2) is 6.92. The zero-order chi connectivity index (χ0) is 19.8. The van der Waals surface area contributed by atoms with Crippen LogP contribution in [0, 0.1) is 0 Å². The summed E-state index contributed by atoms with van der Waals surface area (Å²) in [7, 11) is 4.86. The largest absolute Gasteiger partial charge is 0.497 e. The molecule has 0 fully saturated rings. The van der Waals surface area contributed by atoms with E-state index in [0.29, 0.717) is 23.6 Å². The number of hydrogen-bond acceptors (Lipinski definition) is 4. The van der Waals surface area contributed by atoms with Crippen molar-refractivity contribution in [2.24, 2.45) is 0 Å². The number of urea groups is 1. The van der Waals surface area contributed by atoms with Crippen molar-refractivity contribution in [3.63, 3.8) is 0 Å². The van der Waals surface area contributed by atoms with Crippen molar-refractivity contribution >= 4 is 17.6 Å². The summed E-state index contributed by atoms with van der Waals surface area (Å²) in [4.78, 5) is 29.0. The van der Waals surface area contributed by atoms with E-state index in [9.17, 15) is 9.59 Å². The van der Waals surface area contributed by atoms with Crippen LogP contribution in [0.4, 0.5) is 10.5 Å². The predicted molar refractivity (Wildman–Crippen MR) is 104 cm³/mol. The number of likely N-dealkylation sites (N-methyl/N-ethyl adjacent to an activating group) is 1. The van der Waals surface area contributed by atoms with Gasteiger partial charge in [-0.1, -0.05) is 12.1 Å². The summed E-state index contributed by atoms with van der Waals surface area (Å²) in [6.45, 7) is 0.338. The number of methoxy groups -OCH3 is 2. The molecule has 2 aliphatic rings. The number of ether oxygens (including phenoxy) is 2. The molecule has 28 heavy (non-hydrogen) atoms. The Bertz CT molecular complexity index is 968. The van der Waals surface area contributed by atoms with Crippen LogP contribution in [0.15, 0.2) is 59.8 Å². The van der Waals surface area contributed by atoms with Crippen molar-refractivity contribution in [3.8, 4) is 11.5 Å². The number of amides is 3. The molecule has 3 amide bonds. The fraction of sp³-hybridized carbons (Fsp3) is 0.238. The van der Waals surface area contributed by atoms with E-state index in [2.05, 4.69) is 5.32 Å². The number of carbonyl (C=O) groups excluding carboxylic acids is 2. The molecule has 2 aliphatic heterocycles. The summed E-state index contributed by atoms with van der Waals surface area (Å²) >= 11 is 0. The minimum atomic E-state index is -0.524. The lowest BCUT2D eigenvalue weighted by Crippen LogP contribution is -2.45. The highest BCUT2D eigenvalue weighted by atomic mass is 16.5. The van der Waals surface area contributed by atoms with Crippen LogP contribution in [-0.2, 0) is 4.79 Å². The lowest BCUT2D eigenvalue weighted by Gasteiger charge is -2.31. The van der Waals surface area contributed by atoms with Crippen LogP contribution in [-0.4, -0.2) is 44.7 Å². The monoisotopic (exact) mass is 379 g/mol. The van der Waals surface area contributed by atoms with Crippen LogP contribution >= 0.6 is 0 Å². The minimum absolute atomic E-state index is 0.125. The molecule has 1 atom stereocenters. The lowest BCUT2D eigenvalue weighted by molar-refractivity contribution is -0.114. The minimum Gasteiger partial charge on any atom is -0.497 e. The van der Waals surface area contributed by atoms with Crippen LogP contribution in [0.5, 0.6) is 11.5 Å². The fourth-order valence-corrected chi connectivity index (χ4v) is 3.61. The first-order valence-electron chi connectivity index (χ1n) is 8.90. The number of nitrogens with one attached hydrogen (secondary N) is 1. The molecule has 4 rings (SSSR count). The van der Waals surface area contributed by atoms with Gasteiger partial charge < -0.3 is 19.7 Å². The molecule has 0 aromatic heterocycles. The molecule has 0 aliphatic carbocycles. The number of carbonyl (C=O) groups is 2. The van der Waals surface area contributed by atoms with Gasteiger partial charge in [-0.3, -0.25) is 9.69 Å². The summed E-state index contributed by atoms with van der Waals surface area (Å²) in [6.07, 6.45) is 0. The summed E-state index contributed by atoms with van der Waals surface area (Å²) in [5.41, 5.74) is 2.84. The van der Waals surface area contributed by atoms with Gasteiger partial charge in [0.1, 0.15) is 11.5 Å². The molecule has 1 N–H and O–H groups in total. The van der Waals surface area contributed by atoms with E-state index in [-0.39, 0.29) is 11.9 Å². The summed E-state index contributed by atoms with van der Waals surface area (Å²) in [5.74, 6) is 1.27. The molecule has 2 heterocycles. The Morgan fingerprint density at radius 3 is 2.39 bits per heavy atom. The second-order valence-electron chi connectivity index (χ2n) is 6.67. The molecule has 2 aromatic carbocycles. The van der Waals surface area contributed by atoms with Crippen molar-refractivity contribution in [2.75, 3.05) is 32.7 Å². The van der Waals surface area contributed by atoms with E-state index in [1.54, 1.807) is 26.2 Å². The third-order valence-electron chi connectivity index (χ3n) is 5.17. The van der Waals surface area contributed by atoms with Crippen molar-refractivity contribution in [1.82, 2.24) is 10.2 Å². The Balaban J connectivity index is 1.73. The van der Waals surface area contributed by atoms with Crippen LogP contribution in [0.2, 0.25) is 0 Å². The third kappa shape index (κ3) is 2.85. The molecule has 0 bridgehead atoms. The maximum absolute atomic E-state index is 13.3. The maximum atomic E-state index is 13.3. The van der Waals surface area contributed by atoms with E-state index in [0.717, 1.165) is 17.0 Å². The van der Waals surface area contributed by atoms with E-state index < -0.39 is 6.04 Å². The first kappa shape index (κ1) is 17.9. The van der Waals surface area contributed by atoms with Crippen molar-refractivity contribution in [3.05, 3.63) is 65.4 Å². The van der Waals surface area contributed by atoms with Gasteiger partial charge in [0.2, 0.25) is 0 Å². The van der Waals surface area contributed by atoms with Crippen molar-refractivity contribution < 1.29 is 19.1 Å². The van der Waals surface area contributed by atoms with Crippen LogP contribution in [0.25, 0.3) is 0 Å². The molecule has 1 unspecified atom stereocenters. The molecular formula is C21H21N3O4. The average Bonchev–Trinajstić information content (AvgIpc) is 3.08. The van der Waals surface area contributed by atoms with E-state index in [1.807, 2.05) is 48.5 Å². The number of benzene rings is 2. The Morgan fingerprint density at radius 1 is 1.00 bits per heavy atom. The highest BCUT2D eigenvalue weighted by Crippen LogP contribution is 2.38. The molecule has 0 saturated carbocycles. The standard InChI is InChI=1S/C21H21N3O4/c1-23-17-12-24(14-7-9-15(27-2)10-8-14)20(25)18(17)19(22-21(23)26)13-5-4-6-16(11-13)28-3/h4-11,19H,12H2,1-3H3,(H,22,26). The first-order valence-corrected chi connectivity index (χ1v) is 8.90. The van der Waals surface area contributed by atoms with E-state index in [4.69, 9.17) is 9.47 Å². The Morgan fingerprint density at radius 2 is 1.71 bits per heavy atom. The van der Waals surface area contributed by atoms with Gasteiger partial charge in [-0.05, 0) is 42.0 Å². The van der Waals surface area contributed by atoms with Gasteiger partial charge in [0.15, 0.2) is 0 Å². The number of anilines is 1. The highest BCUT2D eigenvalue weighted by Gasteiger charge is 2.43. The Hall–Kier alpha value is -3.48. The molecule has 7 nitrogen and oxygen atoms in total. The normalized spacial score (nSPS) is 18.9. The zero-order valence-corrected chi connectivity index (χ0v) is 15.9. The van der Waals surface area contributed by atoms with Gasteiger partial charge >= 0.3 is 6.03 Å². The van der Waals surface area contributed by atoms with Gasteiger partial charge in [0.25, 0.3) is 5.91 Å². The molecule has 0 spiro atoms. The quantitative estimate of drug-likeness (QED) is 0.887. The van der Waals surface area contributed by atoms with Crippen LogP contribution in [0.3, 0.4) is 0 Å². The molecular weight excluding hydrogens is 358 g/mol. The molecule has 0 saturated heterocycles. The van der Waals surface area contributed by atoms with Gasteiger partial charge in [-0.2, -0.15) is 0 Å². The average molecular weight is 379 g/mol. The third-order valence-corrected chi connectivity index (χ3v) is 5.17.